The maximum absolute atomic E-state index is 6.25. The molecule has 0 rings (SSSR count). The Morgan fingerprint density at radius 2 is 0.333 bits per heavy atom. The van der Waals surface area contributed by atoms with Crippen molar-refractivity contribution >= 4 is 0 Å². The van der Waals surface area contributed by atoms with Crippen molar-refractivity contribution in [3.63, 3.8) is 0 Å². The van der Waals surface area contributed by atoms with Gasteiger partial charge in [-0.3, -0.25) is 0 Å². The van der Waals surface area contributed by atoms with E-state index in [1.54, 1.807) is 0 Å². The van der Waals surface area contributed by atoms with Gasteiger partial charge in [0.25, 0.3) is 0 Å². The minimum atomic E-state index is 0. The molecule has 77 valence electrons. The number of nitrogens with zero attached hydrogens (tertiary/aromatic N) is 6. The first-order chi connectivity index (χ1) is 6.00. The molecule has 0 fully saturated rings. The van der Waals surface area contributed by atoms with E-state index in [-0.39, 0.29) is 51.2 Å². The first-order valence-corrected chi connectivity index (χ1v) is 1.34. The molecule has 6 nitrogen and oxygen atoms in total. The van der Waals surface area contributed by atoms with Gasteiger partial charge in [0.05, 0.1) is 0 Å². The SMILES string of the molecule is [C-]#N.[C-]#N.[C-]#N.[C-]#N.[C-]#N.[C-]#N.[Fe+2].[Fe+2].[Fe+3]. The average molecular weight is 324 g/mol. The Kier molecular flexibility index (Phi) is 5090. The van der Waals surface area contributed by atoms with Crippen LogP contribution in [0.4, 0.5) is 0 Å². The minimum absolute atomic E-state index is 0. The van der Waals surface area contributed by atoms with Crippen LogP contribution in [0.15, 0.2) is 0 Å². The van der Waals surface area contributed by atoms with E-state index < -0.39 is 0 Å². The maximum Gasteiger partial charge on any atom is 3.00 e. The third-order valence-electron chi connectivity index (χ3n) is 0. The molecule has 0 saturated heterocycles. The summed E-state index contributed by atoms with van der Waals surface area (Å²) in [4.78, 5) is 0. The Morgan fingerprint density at radius 1 is 0.333 bits per heavy atom. The predicted molar refractivity (Wildman–Crippen MR) is 29.8 cm³/mol. The number of hydrogen-bond donors (Lipinski definition) is 0. The molecule has 0 spiro atoms. The standard InChI is InChI=1S/6CN.3Fe/c6*1-2;;;/q6*-1;2*+2;+3. The van der Waals surface area contributed by atoms with Crippen LogP contribution in [0.25, 0.3) is 0 Å². The van der Waals surface area contributed by atoms with Crippen molar-refractivity contribution in [2.75, 3.05) is 0 Å². The normalized spacial score (nSPS) is 0.800. The third kappa shape index (κ3) is 611. The molecule has 0 N–H and O–H groups in total. The monoisotopic (exact) mass is 324 g/mol. The van der Waals surface area contributed by atoms with E-state index in [0.29, 0.717) is 0 Å². The fraction of sp³-hybridized carbons (Fsp3) is 0. The molecule has 15 heavy (non-hydrogen) atoms. The molecule has 0 aliphatic heterocycles. The van der Waals surface area contributed by atoms with Crippen LogP contribution in [-0.2, 0) is 51.2 Å². The smallest absolute Gasteiger partial charge is 0.512 e. The average Bonchev–Trinajstić information content (AvgIpc) is 2.33. The fourth-order valence-electron chi connectivity index (χ4n) is 0. The van der Waals surface area contributed by atoms with Crippen LogP contribution in [0.5, 0.6) is 0 Å². The van der Waals surface area contributed by atoms with Crippen LogP contribution in [-0.4, -0.2) is 0 Å². The van der Waals surface area contributed by atoms with E-state index in [2.05, 4.69) is 0 Å². The number of rotatable bonds is 0. The summed E-state index contributed by atoms with van der Waals surface area (Å²) in [5.74, 6) is 0. The zero-order chi connectivity index (χ0) is 12.0. The topological polar surface area (TPSA) is 143 Å². The molecule has 0 aromatic heterocycles. The Hall–Kier alpha value is -1.50. The van der Waals surface area contributed by atoms with Gasteiger partial charge in [0.2, 0.25) is 0 Å². The molecular formula is C6Fe3N6+. The van der Waals surface area contributed by atoms with Gasteiger partial charge in [-0.15, -0.1) is 0 Å². The molecule has 9 heteroatoms. The Balaban J connectivity index is -0.00000000396. The van der Waals surface area contributed by atoms with Crippen molar-refractivity contribution in [3.8, 4) is 0 Å². The first kappa shape index (κ1) is 104. The van der Waals surface area contributed by atoms with E-state index >= 15 is 0 Å². The summed E-state index contributed by atoms with van der Waals surface area (Å²) in [6.07, 6.45) is 0. The summed E-state index contributed by atoms with van der Waals surface area (Å²) in [6, 6.07) is 0. The van der Waals surface area contributed by atoms with Gasteiger partial charge in [0.1, 0.15) is 0 Å². The summed E-state index contributed by atoms with van der Waals surface area (Å²) in [5.41, 5.74) is 0. The van der Waals surface area contributed by atoms with Crippen molar-refractivity contribution in [2.24, 2.45) is 0 Å². The molecule has 0 unspecified atom stereocenters. The van der Waals surface area contributed by atoms with Crippen molar-refractivity contribution in [1.29, 1.82) is 31.6 Å². The van der Waals surface area contributed by atoms with Crippen LogP contribution in [0.3, 0.4) is 0 Å². The molecule has 1 radical (unpaired) electrons. The molecular weight excluding hydrogens is 324 g/mol. The second kappa shape index (κ2) is 733. The quantitative estimate of drug-likeness (QED) is 0.471. The first-order valence-electron chi connectivity index (χ1n) is 1.34. The number of hydrogen-bond acceptors (Lipinski definition) is 6. The van der Waals surface area contributed by atoms with E-state index in [9.17, 15) is 0 Å². The predicted octanol–water partition coefficient (Wildman–Crippen LogP) is 0.571. The van der Waals surface area contributed by atoms with E-state index in [4.69, 9.17) is 71.0 Å². The Morgan fingerprint density at radius 3 is 0.333 bits per heavy atom. The largest absolute Gasteiger partial charge is 3.00 e. The van der Waals surface area contributed by atoms with Gasteiger partial charge in [0, 0.05) is 0 Å². The van der Waals surface area contributed by atoms with Crippen molar-refractivity contribution in [1.82, 2.24) is 0 Å². The maximum atomic E-state index is 6.25. The van der Waals surface area contributed by atoms with Gasteiger partial charge in [-0.1, -0.05) is 0 Å². The zero-order valence-electron chi connectivity index (χ0n) is 6.74. The molecule has 0 heterocycles. The summed E-state index contributed by atoms with van der Waals surface area (Å²) in [7, 11) is 0. The van der Waals surface area contributed by atoms with Gasteiger partial charge >= 0.3 is 51.2 Å². The molecule has 0 aliphatic carbocycles. The third-order valence-corrected chi connectivity index (χ3v) is 0. The van der Waals surface area contributed by atoms with Crippen LogP contribution < -0.4 is 0 Å². The fourth-order valence-corrected chi connectivity index (χ4v) is 0. The molecule has 0 aromatic rings. The second-order valence-electron chi connectivity index (χ2n) is 0. The van der Waals surface area contributed by atoms with Crippen LogP contribution >= 0.6 is 0 Å². The van der Waals surface area contributed by atoms with Crippen LogP contribution in [0.1, 0.15) is 0 Å². The van der Waals surface area contributed by atoms with Crippen molar-refractivity contribution in [2.45, 2.75) is 0 Å². The van der Waals surface area contributed by atoms with Gasteiger partial charge in [-0.2, -0.15) is 0 Å². The van der Waals surface area contributed by atoms with E-state index in [1.165, 1.54) is 0 Å². The van der Waals surface area contributed by atoms with Crippen molar-refractivity contribution < 1.29 is 51.2 Å². The molecule has 0 aromatic carbocycles. The summed E-state index contributed by atoms with van der Waals surface area (Å²) in [6.45, 7) is 28.5. The molecule has 0 aliphatic rings. The summed E-state index contributed by atoms with van der Waals surface area (Å²) >= 11 is 0. The zero-order valence-corrected chi connectivity index (χ0v) is 10.1. The molecule has 0 atom stereocenters. The van der Waals surface area contributed by atoms with Gasteiger partial charge in [0.15, 0.2) is 0 Å². The molecule has 0 saturated carbocycles. The summed E-state index contributed by atoms with van der Waals surface area (Å²) < 4.78 is 0. The van der Waals surface area contributed by atoms with Crippen molar-refractivity contribution in [3.05, 3.63) is 39.4 Å². The second-order valence-corrected chi connectivity index (χ2v) is 0. The van der Waals surface area contributed by atoms with E-state index in [1.807, 2.05) is 0 Å². The van der Waals surface area contributed by atoms with Gasteiger partial charge < -0.3 is 71.0 Å². The van der Waals surface area contributed by atoms with Gasteiger partial charge in [-0.05, 0) is 0 Å². The molecule has 0 amide bonds. The minimum Gasteiger partial charge on any atom is -0.512 e. The van der Waals surface area contributed by atoms with Crippen LogP contribution in [0, 0.1) is 71.0 Å². The Bertz CT molecular complexity index is 97.9. The van der Waals surface area contributed by atoms with E-state index in [0.717, 1.165) is 0 Å². The summed E-state index contributed by atoms with van der Waals surface area (Å²) in [5, 5.41) is 37.5. The van der Waals surface area contributed by atoms with Crippen LogP contribution in [0.2, 0.25) is 0 Å². The molecule has 0 bridgehead atoms. The van der Waals surface area contributed by atoms with Gasteiger partial charge in [-0.25, -0.2) is 0 Å². The Labute approximate surface area is 122 Å².